The van der Waals surface area contributed by atoms with Crippen molar-refractivity contribution in [2.45, 2.75) is 31.3 Å². The molecule has 1 aliphatic carbocycles. The molecule has 152 valence electrons. The van der Waals surface area contributed by atoms with Crippen LogP contribution in [0.1, 0.15) is 35.7 Å². The predicted molar refractivity (Wildman–Crippen MR) is 102 cm³/mol. The number of pyridine rings is 1. The summed E-state index contributed by atoms with van der Waals surface area (Å²) < 4.78 is 16.7. The van der Waals surface area contributed by atoms with E-state index < -0.39 is 33.4 Å². The van der Waals surface area contributed by atoms with Crippen LogP contribution in [-0.2, 0) is 0 Å². The molecule has 0 radical (unpaired) electrons. The molecular formula is C19H19FN4O5. The molecule has 3 heterocycles. The van der Waals surface area contributed by atoms with Crippen LogP contribution in [-0.4, -0.2) is 57.7 Å². The van der Waals surface area contributed by atoms with Crippen molar-refractivity contribution in [2.24, 2.45) is 0 Å². The number of nitrogens with zero attached hydrogens (tertiary/aromatic N) is 4. The Morgan fingerprint density at radius 2 is 1.97 bits per heavy atom. The summed E-state index contributed by atoms with van der Waals surface area (Å²) in [5.41, 5.74) is -1.92. The highest BCUT2D eigenvalue weighted by atomic mass is 19.1. The van der Waals surface area contributed by atoms with E-state index in [9.17, 15) is 24.8 Å². The van der Waals surface area contributed by atoms with Gasteiger partial charge in [-0.25, -0.2) is 9.18 Å². The molecule has 0 spiro atoms. The molecule has 9 nitrogen and oxygen atoms in total. The number of halogens is 1. The first-order chi connectivity index (χ1) is 13.9. The van der Waals surface area contributed by atoms with Crippen LogP contribution in [0.4, 0.5) is 15.8 Å². The van der Waals surface area contributed by atoms with E-state index in [1.165, 1.54) is 10.8 Å². The number of fused-ring (bicyclic) bond motifs is 3. The van der Waals surface area contributed by atoms with Crippen molar-refractivity contribution in [3.8, 4) is 0 Å². The molecule has 29 heavy (non-hydrogen) atoms. The zero-order valence-electron chi connectivity index (χ0n) is 15.5. The maximum Gasteiger partial charge on any atom is 0.341 e. The van der Waals surface area contributed by atoms with Crippen molar-refractivity contribution in [3.05, 3.63) is 44.0 Å². The summed E-state index contributed by atoms with van der Waals surface area (Å²) in [6.07, 6.45) is 3.42. The number of hydrogen-bond acceptors (Lipinski definition) is 6. The van der Waals surface area contributed by atoms with Gasteiger partial charge in [0.25, 0.3) is 0 Å². The molecule has 3 fully saturated rings. The molecular weight excluding hydrogens is 383 g/mol. The predicted octanol–water partition coefficient (Wildman–Crippen LogP) is 1.98. The minimum atomic E-state index is -1.43. The molecule has 2 unspecified atom stereocenters. The number of carboxylic acid groups (broad SMARTS) is 1. The van der Waals surface area contributed by atoms with Crippen LogP contribution in [0.15, 0.2) is 17.1 Å². The quantitative estimate of drug-likeness (QED) is 0.615. The molecule has 1 N–H and O–H groups in total. The number of anilines is 1. The molecule has 0 amide bonds. The fraction of sp³-hybridized carbons (Fsp3) is 0.474. The molecule has 3 aliphatic rings. The maximum absolute atomic E-state index is 15.3. The highest BCUT2D eigenvalue weighted by Gasteiger charge is 2.40. The topological polar surface area (TPSA) is 109 Å². The van der Waals surface area contributed by atoms with E-state index in [0.29, 0.717) is 13.1 Å². The normalized spacial score (nSPS) is 23.6. The minimum Gasteiger partial charge on any atom is -0.477 e. The van der Waals surface area contributed by atoms with Crippen molar-refractivity contribution < 1.29 is 19.2 Å². The van der Waals surface area contributed by atoms with Crippen LogP contribution >= 0.6 is 0 Å². The van der Waals surface area contributed by atoms with Crippen molar-refractivity contribution in [1.29, 1.82) is 0 Å². The highest BCUT2D eigenvalue weighted by molar-refractivity contribution is 5.99. The molecule has 2 bridgehead atoms. The standard InChI is InChI=1S/C19H19FN4O5/c20-14-7-12-15(23(10-1-2-10)9-13(18(12)25)19(26)27)17(24(28)29)16(14)22-6-5-21-4-3-11(22)8-21/h7,9-11H,1-6,8H2,(H,26,27). The molecule has 2 aliphatic heterocycles. The van der Waals surface area contributed by atoms with E-state index in [2.05, 4.69) is 4.90 Å². The van der Waals surface area contributed by atoms with Gasteiger partial charge in [-0.15, -0.1) is 0 Å². The molecule has 5 rings (SSSR count). The number of aromatic nitrogens is 1. The Balaban J connectivity index is 1.85. The summed E-state index contributed by atoms with van der Waals surface area (Å²) in [5, 5.41) is 21.3. The lowest BCUT2D eigenvalue weighted by Crippen LogP contribution is -2.47. The van der Waals surface area contributed by atoms with Gasteiger partial charge in [0.2, 0.25) is 5.43 Å². The first-order valence-corrected chi connectivity index (χ1v) is 9.65. The Bertz CT molecular complexity index is 1130. The van der Waals surface area contributed by atoms with Gasteiger partial charge in [0, 0.05) is 44.5 Å². The Morgan fingerprint density at radius 1 is 1.21 bits per heavy atom. The van der Waals surface area contributed by atoms with E-state index in [1.54, 1.807) is 4.90 Å². The number of aromatic carboxylic acids is 1. The molecule has 1 aromatic heterocycles. The molecule has 2 atom stereocenters. The summed E-state index contributed by atoms with van der Waals surface area (Å²) in [6, 6.07) is 0.831. The van der Waals surface area contributed by atoms with E-state index in [-0.39, 0.29) is 28.7 Å². The van der Waals surface area contributed by atoms with Gasteiger partial charge in [-0.2, -0.15) is 0 Å². The first-order valence-electron chi connectivity index (χ1n) is 9.65. The fourth-order valence-corrected chi connectivity index (χ4v) is 4.69. The van der Waals surface area contributed by atoms with Crippen LogP contribution in [0.5, 0.6) is 0 Å². The second kappa shape index (κ2) is 6.24. The highest BCUT2D eigenvalue weighted by Crippen LogP contribution is 2.44. The van der Waals surface area contributed by atoms with Gasteiger partial charge in [-0.3, -0.25) is 19.8 Å². The minimum absolute atomic E-state index is 0.0179. The van der Waals surface area contributed by atoms with Gasteiger partial charge in [-0.1, -0.05) is 0 Å². The molecule has 1 saturated carbocycles. The van der Waals surface area contributed by atoms with Crippen LogP contribution in [0.2, 0.25) is 0 Å². The monoisotopic (exact) mass is 402 g/mol. The number of carbonyl (C=O) groups is 1. The van der Waals surface area contributed by atoms with Gasteiger partial charge in [0.1, 0.15) is 11.1 Å². The molecule has 2 aromatic rings. The summed E-state index contributed by atoms with van der Waals surface area (Å²) in [4.78, 5) is 39.7. The third kappa shape index (κ3) is 2.70. The average molecular weight is 402 g/mol. The molecule has 1 aromatic carbocycles. The lowest BCUT2D eigenvalue weighted by molar-refractivity contribution is -0.382. The Morgan fingerprint density at radius 3 is 2.62 bits per heavy atom. The van der Waals surface area contributed by atoms with Crippen molar-refractivity contribution in [3.63, 3.8) is 0 Å². The smallest absolute Gasteiger partial charge is 0.341 e. The Hall–Kier alpha value is -3.01. The third-order valence-electron chi connectivity index (χ3n) is 6.20. The van der Waals surface area contributed by atoms with Gasteiger partial charge in [0.05, 0.1) is 10.3 Å². The van der Waals surface area contributed by atoms with Crippen molar-refractivity contribution in [1.82, 2.24) is 9.47 Å². The molecule has 2 saturated heterocycles. The van der Waals surface area contributed by atoms with E-state index in [4.69, 9.17) is 0 Å². The number of hydrogen-bond donors (Lipinski definition) is 1. The van der Waals surface area contributed by atoms with Gasteiger partial charge >= 0.3 is 11.7 Å². The number of benzene rings is 1. The van der Waals surface area contributed by atoms with E-state index in [0.717, 1.165) is 38.4 Å². The SMILES string of the molecule is O=C(O)c1cn(C2CC2)c2c([N+](=O)[O-])c(N3CCN4CCC3C4)c(F)cc2c1=O. The Kier molecular flexibility index (Phi) is 3.89. The van der Waals surface area contributed by atoms with Crippen LogP contribution in [0.25, 0.3) is 10.9 Å². The zero-order valence-corrected chi connectivity index (χ0v) is 15.5. The number of nitro benzene ring substituents is 1. The van der Waals surface area contributed by atoms with Gasteiger partial charge < -0.3 is 14.6 Å². The van der Waals surface area contributed by atoms with Gasteiger partial charge in [0.15, 0.2) is 11.5 Å². The maximum atomic E-state index is 15.3. The van der Waals surface area contributed by atoms with E-state index in [1.807, 2.05) is 0 Å². The zero-order chi connectivity index (χ0) is 20.4. The fourth-order valence-electron chi connectivity index (χ4n) is 4.69. The van der Waals surface area contributed by atoms with Crippen molar-refractivity contribution in [2.75, 3.05) is 31.1 Å². The number of carboxylic acids is 1. The number of nitro groups is 1. The summed E-state index contributed by atoms with van der Waals surface area (Å²) in [6.45, 7) is 2.76. The average Bonchev–Trinajstić information content (AvgIpc) is 3.45. The largest absolute Gasteiger partial charge is 0.477 e. The summed E-state index contributed by atoms with van der Waals surface area (Å²) >= 11 is 0. The van der Waals surface area contributed by atoms with Crippen LogP contribution in [0, 0.1) is 15.9 Å². The lowest BCUT2D eigenvalue weighted by atomic mass is 10.0. The van der Waals surface area contributed by atoms with Crippen LogP contribution < -0.4 is 10.3 Å². The van der Waals surface area contributed by atoms with Crippen LogP contribution in [0.3, 0.4) is 0 Å². The number of rotatable bonds is 4. The lowest BCUT2D eigenvalue weighted by Gasteiger charge is -2.36. The molecule has 10 heteroatoms. The van der Waals surface area contributed by atoms with Crippen molar-refractivity contribution >= 4 is 28.2 Å². The van der Waals surface area contributed by atoms with E-state index >= 15 is 4.39 Å². The number of piperazine rings is 1. The third-order valence-corrected chi connectivity index (χ3v) is 6.20. The second-order valence-corrected chi connectivity index (χ2v) is 7.96. The first kappa shape index (κ1) is 18.0. The second-order valence-electron chi connectivity index (χ2n) is 7.96. The summed E-state index contributed by atoms with van der Waals surface area (Å²) in [7, 11) is 0. The Labute approximate surface area is 164 Å². The van der Waals surface area contributed by atoms with Gasteiger partial charge in [-0.05, 0) is 25.3 Å². The summed E-state index contributed by atoms with van der Waals surface area (Å²) in [5.74, 6) is -2.29.